The Hall–Kier alpha value is -1.42. The van der Waals surface area contributed by atoms with Gasteiger partial charge < -0.3 is 53.4 Å². The maximum absolute atomic E-state index is 13.2. The van der Waals surface area contributed by atoms with Gasteiger partial charge in [-0.05, 0) is 72.4 Å². The maximum atomic E-state index is 13.2. The molecule has 0 aromatic carbocycles. The molecule has 13 nitrogen and oxygen atoms in total. The maximum Gasteiger partial charge on any atom is 0.309 e. The zero-order chi connectivity index (χ0) is 34.1. The van der Waals surface area contributed by atoms with E-state index in [0.717, 1.165) is 19.3 Å². The minimum absolute atomic E-state index is 0.117. The number of rotatable bonds is 7. The molecule has 46 heavy (non-hydrogen) atoms. The average molecular weight is 662 g/mol. The first-order valence-electron chi connectivity index (χ1n) is 16.9. The highest BCUT2D eigenvalue weighted by Gasteiger charge is 2.49. The van der Waals surface area contributed by atoms with Crippen molar-refractivity contribution in [3.05, 3.63) is 0 Å². The average Bonchev–Trinajstić information content (AvgIpc) is 3.38. The fourth-order valence-corrected chi connectivity index (χ4v) is 6.98. The van der Waals surface area contributed by atoms with Crippen LogP contribution in [-0.4, -0.2) is 134 Å². The number of ether oxygens (including phenoxy) is 7. The normalized spacial score (nSPS) is 42.5. The van der Waals surface area contributed by atoms with E-state index in [0.29, 0.717) is 32.3 Å². The second-order valence-electron chi connectivity index (χ2n) is 13.7. The molecule has 0 spiro atoms. The summed E-state index contributed by atoms with van der Waals surface area (Å²) < 4.78 is 42.1. The summed E-state index contributed by atoms with van der Waals surface area (Å²) in [5.41, 5.74) is 0. The van der Waals surface area contributed by atoms with Gasteiger partial charge in [0.25, 0.3) is 0 Å². The van der Waals surface area contributed by atoms with Crippen molar-refractivity contribution in [1.82, 2.24) is 4.90 Å². The molecule has 268 valence electrons. The van der Waals surface area contributed by atoms with Gasteiger partial charge in [0.1, 0.15) is 18.3 Å². The van der Waals surface area contributed by atoms with Gasteiger partial charge in [-0.25, -0.2) is 0 Å². The van der Waals surface area contributed by atoms with Gasteiger partial charge in [0.05, 0.1) is 55.7 Å². The first-order chi connectivity index (χ1) is 21.7. The number of methoxy groups -OCH3 is 1. The van der Waals surface area contributed by atoms with Crippen LogP contribution < -0.4 is 0 Å². The van der Waals surface area contributed by atoms with Gasteiger partial charge in [-0.15, -0.1) is 0 Å². The fraction of sp³-hybridized carbons (Fsp3) is 0.939. The van der Waals surface area contributed by atoms with Gasteiger partial charge in [-0.1, -0.05) is 19.8 Å². The van der Waals surface area contributed by atoms with Crippen molar-refractivity contribution in [1.29, 1.82) is 0 Å². The molecule has 0 aliphatic carbocycles. The summed E-state index contributed by atoms with van der Waals surface area (Å²) in [5.74, 6) is -1.77. The standard InChI is InChI=1S/C33H59NO12/c1-18-14-23(15-27-41-17-20(3)43-27)31(46-33-30(39)28(34(6)7)29(38)21(4)44-33)32(40-8)25(45-22(5)35)16-26(37)42-19(2)12-10-9-11-13-24(18)36/h18-21,23-25,27-33,36,38-39H,9-17H2,1-8H3/t18?,19?,20?,21-,23?,24?,25?,27?,28+,29-,30-,31?,32?,33?/m1/s1. The molecule has 0 amide bonds. The number of likely N-dealkylation sites (N-methyl/N-ethyl adjacent to an activating group) is 1. The lowest BCUT2D eigenvalue weighted by atomic mass is 9.81. The van der Waals surface area contributed by atoms with Crippen LogP contribution in [-0.2, 0) is 42.7 Å². The first kappa shape index (κ1) is 39.0. The predicted molar refractivity (Wildman–Crippen MR) is 166 cm³/mol. The summed E-state index contributed by atoms with van der Waals surface area (Å²) in [5, 5.41) is 33.5. The molecule has 3 aliphatic heterocycles. The molecule has 10 unspecified atom stereocenters. The largest absolute Gasteiger partial charge is 0.463 e. The van der Waals surface area contributed by atoms with E-state index in [9.17, 15) is 24.9 Å². The van der Waals surface area contributed by atoms with Crippen molar-refractivity contribution >= 4 is 11.9 Å². The van der Waals surface area contributed by atoms with Crippen LogP contribution in [0.3, 0.4) is 0 Å². The summed E-state index contributed by atoms with van der Waals surface area (Å²) in [6.07, 6.45) is -4.54. The molecule has 3 N–H and O–H groups in total. The highest BCUT2D eigenvalue weighted by Crippen LogP contribution is 2.36. The first-order valence-corrected chi connectivity index (χ1v) is 16.9. The monoisotopic (exact) mass is 661 g/mol. The molecule has 0 bridgehead atoms. The second kappa shape index (κ2) is 18.4. The summed E-state index contributed by atoms with van der Waals surface area (Å²) in [4.78, 5) is 27.3. The molecule has 3 saturated heterocycles. The Kier molecular flexibility index (Phi) is 15.6. The van der Waals surface area contributed by atoms with Crippen molar-refractivity contribution in [2.24, 2.45) is 11.8 Å². The number of cyclic esters (lactones) is 1. The van der Waals surface area contributed by atoms with E-state index < -0.39 is 79.2 Å². The molecule has 3 fully saturated rings. The number of aliphatic hydroxyl groups excluding tert-OH is 3. The van der Waals surface area contributed by atoms with E-state index in [-0.39, 0.29) is 24.5 Å². The van der Waals surface area contributed by atoms with Crippen molar-refractivity contribution in [2.45, 2.75) is 160 Å². The van der Waals surface area contributed by atoms with Crippen LogP contribution in [0.15, 0.2) is 0 Å². The summed E-state index contributed by atoms with van der Waals surface area (Å²) in [6, 6.07) is -0.705. The Bertz CT molecular complexity index is 938. The summed E-state index contributed by atoms with van der Waals surface area (Å²) in [6.45, 7) is 9.10. The molecule has 3 rings (SSSR count). The molecular formula is C33H59NO12. The summed E-state index contributed by atoms with van der Waals surface area (Å²) in [7, 11) is 4.94. The van der Waals surface area contributed by atoms with E-state index in [1.807, 2.05) is 20.8 Å². The molecule has 0 saturated carbocycles. The van der Waals surface area contributed by atoms with Crippen molar-refractivity contribution < 1.29 is 58.1 Å². The number of esters is 2. The number of carbonyl (C=O) groups is 2. The van der Waals surface area contributed by atoms with Gasteiger partial charge in [0, 0.05) is 20.5 Å². The third-order valence-corrected chi connectivity index (χ3v) is 9.48. The molecule has 13 heteroatoms. The highest BCUT2D eigenvalue weighted by atomic mass is 16.7. The molecule has 0 radical (unpaired) electrons. The van der Waals surface area contributed by atoms with Crippen molar-refractivity contribution in [2.75, 3.05) is 27.8 Å². The number of hydrogen-bond acceptors (Lipinski definition) is 13. The smallest absolute Gasteiger partial charge is 0.309 e. The topological polar surface area (TPSA) is 163 Å². The van der Waals surface area contributed by atoms with Crippen LogP contribution in [0.5, 0.6) is 0 Å². The number of hydrogen-bond donors (Lipinski definition) is 3. The lowest BCUT2D eigenvalue weighted by Gasteiger charge is -2.47. The lowest BCUT2D eigenvalue weighted by molar-refractivity contribution is -0.311. The highest BCUT2D eigenvalue weighted by molar-refractivity contribution is 5.71. The third kappa shape index (κ3) is 11.1. The van der Waals surface area contributed by atoms with E-state index in [1.165, 1.54) is 14.0 Å². The van der Waals surface area contributed by atoms with Crippen LogP contribution in [0.1, 0.15) is 86.0 Å². The predicted octanol–water partition coefficient (Wildman–Crippen LogP) is 2.16. The Morgan fingerprint density at radius 2 is 1.65 bits per heavy atom. The third-order valence-electron chi connectivity index (χ3n) is 9.48. The van der Waals surface area contributed by atoms with Crippen LogP contribution in [0.25, 0.3) is 0 Å². The van der Waals surface area contributed by atoms with E-state index in [2.05, 4.69) is 0 Å². The zero-order valence-electron chi connectivity index (χ0n) is 28.9. The Labute approximate surface area is 274 Å². The van der Waals surface area contributed by atoms with Gasteiger partial charge >= 0.3 is 11.9 Å². The van der Waals surface area contributed by atoms with Crippen molar-refractivity contribution in [3.8, 4) is 0 Å². The summed E-state index contributed by atoms with van der Waals surface area (Å²) >= 11 is 0. The van der Waals surface area contributed by atoms with Gasteiger partial charge in [0.15, 0.2) is 12.6 Å². The minimum atomic E-state index is -1.26. The Balaban J connectivity index is 2.08. The number of aliphatic hydroxyl groups is 3. The minimum Gasteiger partial charge on any atom is -0.463 e. The van der Waals surface area contributed by atoms with Crippen LogP contribution in [0.4, 0.5) is 0 Å². The molecule has 3 aliphatic rings. The molecule has 0 aromatic heterocycles. The van der Waals surface area contributed by atoms with Crippen LogP contribution in [0, 0.1) is 11.8 Å². The van der Waals surface area contributed by atoms with Crippen LogP contribution in [0.2, 0.25) is 0 Å². The Morgan fingerprint density at radius 1 is 0.957 bits per heavy atom. The van der Waals surface area contributed by atoms with E-state index in [4.69, 9.17) is 33.2 Å². The Morgan fingerprint density at radius 3 is 2.26 bits per heavy atom. The molecule has 0 aromatic rings. The lowest BCUT2D eigenvalue weighted by Crippen LogP contribution is -2.63. The zero-order valence-corrected chi connectivity index (χ0v) is 28.9. The molecule has 14 atom stereocenters. The van der Waals surface area contributed by atoms with E-state index >= 15 is 0 Å². The van der Waals surface area contributed by atoms with Crippen molar-refractivity contribution in [3.63, 3.8) is 0 Å². The SMILES string of the molecule is COC1C(OC(C)=O)CC(=O)OC(C)CCCCCC(O)C(C)CC(CC2OCC(C)O2)C1OC1O[C@H](C)[C@@H](O)[C@H](N(C)C)[C@H]1O. The van der Waals surface area contributed by atoms with Gasteiger partial charge in [-0.3, -0.25) is 9.59 Å². The van der Waals surface area contributed by atoms with Gasteiger partial charge in [0.2, 0.25) is 0 Å². The molecule has 3 heterocycles. The van der Waals surface area contributed by atoms with Crippen LogP contribution >= 0.6 is 0 Å². The second-order valence-corrected chi connectivity index (χ2v) is 13.7. The quantitative estimate of drug-likeness (QED) is 0.341. The fourth-order valence-electron chi connectivity index (χ4n) is 6.98. The van der Waals surface area contributed by atoms with E-state index in [1.54, 1.807) is 25.9 Å². The number of carbonyl (C=O) groups excluding carboxylic acids is 2. The van der Waals surface area contributed by atoms with Gasteiger partial charge in [-0.2, -0.15) is 0 Å². The number of nitrogens with zero attached hydrogens (tertiary/aromatic N) is 1. The molecular weight excluding hydrogens is 602 g/mol.